The molecule has 1 N–H and O–H groups in total. The lowest BCUT2D eigenvalue weighted by Gasteiger charge is -2.06. The first-order chi connectivity index (χ1) is 4.98. The number of rotatable bonds is 5. The molecular formula is C7H17NO2S. The van der Waals surface area contributed by atoms with Crippen molar-refractivity contribution in [2.24, 2.45) is 5.92 Å². The van der Waals surface area contributed by atoms with Gasteiger partial charge in [-0.3, -0.25) is 0 Å². The van der Waals surface area contributed by atoms with Crippen molar-refractivity contribution in [2.45, 2.75) is 27.2 Å². The van der Waals surface area contributed by atoms with Gasteiger partial charge in [0, 0.05) is 6.54 Å². The summed E-state index contributed by atoms with van der Waals surface area (Å²) in [7, 11) is -2.98. The van der Waals surface area contributed by atoms with Gasteiger partial charge in [0.25, 0.3) is 0 Å². The van der Waals surface area contributed by atoms with E-state index in [1.807, 2.05) is 20.8 Å². The van der Waals surface area contributed by atoms with Crippen LogP contribution in [-0.2, 0) is 10.0 Å². The second-order valence-corrected chi connectivity index (χ2v) is 4.99. The fourth-order valence-electron chi connectivity index (χ4n) is 0.635. The molecule has 0 aromatic carbocycles. The van der Waals surface area contributed by atoms with Crippen LogP contribution in [0.3, 0.4) is 0 Å². The molecule has 0 saturated heterocycles. The van der Waals surface area contributed by atoms with Crippen molar-refractivity contribution in [1.82, 2.24) is 4.72 Å². The van der Waals surface area contributed by atoms with Crippen LogP contribution in [0.2, 0.25) is 0 Å². The minimum Gasteiger partial charge on any atom is -0.215 e. The van der Waals surface area contributed by atoms with E-state index in [-0.39, 0.29) is 5.75 Å². The second kappa shape index (κ2) is 4.72. The maximum Gasteiger partial charge on any atom is 0.211 e. The monoisotopic (exact) mass is 179 g/mol. The minimum atomic E-state index is -2.98. The zero-order valence-electron chi connectivity index (χ0n) is 7.42. The Morgan fingerprint density at radius 1 is 1.36 bits per heavy atom. The fourth-order valence-corrected chi connectivity index (χ4v) is 1.90. The summed E-state index contributed by atoms with van der Waals surface area (Å²) in [5, 5.41) is 0. The molecule has 68 valence electrons. The van der Waals surface area contributed by atoms with Crippen LogP contribution in [0.15, 0.2) is 0 Å². The molecule has 0 bridgehead atoms. The summed E-state index contributed by atoms with van der Waals surface area (Å²) in [4.78, 5) is 0. The van der Waals surface area contributed by atoms with Crippen molar-refractivity contribution in [2.75, 3.05) is 12.3 Å². The number of hydrogen-bond acceptors (Lipinski definition) is 2. The molecule has 0 amide bonds. The normalized spacial score (nSPS) is 12.4. The first kappa shape index (κ1) is 10.9. The molecule has 0 unspecified atom stereocenters. The fraction of sp³-hybridized carbons (Fsp3) is 1.00. The smallest absolute Gasteiger partial charge is 0.211 e. The highest BCUT2D eigenvalue weighted by molar-refractivity contribution is 7.89. The van der Waals surface area contributed by atoms with Crippen LogP contribution >= 0.6 is 0 Å². The molecule has 0 rings (SSSR count). The van der Waals surface area contributed by atoms with Gasteiger partial charge in [0.2, 0.25) is 10.0 Å². The highest BCUT2D eigenvalue weighted by Gasteiger charge is 2.07. The summed E-state index contributed by atoms with van der Waals surface area (Å²) in [5.41, 5.74) is 0. The van der Waals surface area contributed by atoms with Crippen LogP contribution in [0.1, 0.15) is 27.2 Å². The van der Waals surface area contributed by atoms with Gasteiger partial charge >= 0.3 is 0 Å². The molecule has 0 saturated carbocycles. The van der Waals surface area contributed by atoms with E-state index in [0.29, 0.717) is 18.9 Å². The highest BCUT2D eigenvalue weighted by atomic mass is 32.2. The van der Waals surface area contributed by atoms with Crippen molar-refractivity contribution >= 4 is 10.0 Å². The molecular weight excluding hydrogens is 162 g/mol. The summed E-state index contributed by atoms with van der Waals surface area (Å²) in [5.74, 6) is 0.612. The molecule has 0 fully saturated rings. The zero-order chi connectivity index (χ0) is 8.91. The SMILES string of the molecule is CCCS(=O)(=O)NCC(C)C. The van der Waals surface area contributed by atoms with Crippen molar-refractivity contribution in [3.05, 3.63) is 0 Å². The van der Waals surface area contributed by atoms with Crippen molar-refractivity contribution in [1.29, 1.82) is 0 Å². The Kier molecular flexibility index (Phi) is 4.68. The number of hydrogen-bond donors (Lipinski definition) is 1. The molecule has 0 spiro atoms. The van der Waals surface area contributed by atoms with Crippen LogP contribution in [-0.4, -0.2) is 20.7 Å². The van der Waals surface area contributed by atoms with E-state index >= 15 is 0 Å². The summed E-state index contributed by atoms with van der Waals surface area (Å²) in [6, 6.07) is 0. The van der Waals surface area contributed by atoms with Gasteiger partial charge in [-0.1, -0.05) is 20.8 Å². The molecule has 3 nitrogen and oxygen atoms in total. The van der Waals surface area contributed by atoms with E-state index in [1.54, 1.807) is 0 Å². The van der Waals surface area contributed by atoms with Gasteiger partial charge in [0.1, 0.15) is 0 Å². The molecule has 0 aromatic rings. The molecule has 0 heterocycles. The standard InChI is InChI=1S/C7H17NO2S/c1-4-5-11(9,10)8-6-7(2)3/h7-8H,4-6H2,1-3H3. The van der Waals surface area contributed by atoms with Crippen LogP contribution in [0.5, 0.6) is 0 Å². The predicted molar refractivity (Wildman–Crippen MR) is 46.9 cm³/mol. The largest absolute Gasteiger partial charge is 0.215 e. The predicted octanol–water partition coefficient (Wildman–Crippen LogP) is 0.972. The zero-order valence-corrected chi connectivity index (χ0v) is 8.24. The third kappa shape index (κ3) is 6.31. The summed E-state index contributed by atoms with van der Waals surface area (Å²) in [6.07, 6.45) is 0.674. The molecule has 0 aliphatic heterocycles. The first-order valence-corrected chi connectivity index (χ1v) is 5.60. The van der Waals surface area contributed by atoms with Gasteiger partial charge in [-0.2, -0.15) is 0 Å². The van der Waals surface area contributed by atoms with Crippen molar-refractivity contribution in [3.63, 3.8) is 0 Å². The van der Waals surface area contributed by atoms with E-state index in [4.69, 9.17) is 0 Å². The van der Waals surface area contributed by atoms with Gasteiger partial charge < -0.3 is 0 Å². The minimum absolute atomic E-state index is 0.236. The lowest BCUT2D eigenvalue weighted by Crippen LogP contribution is -2.29. The quantitative estimate of drug-likeness (QED) is 0.683. The molecule has 0 aliphatic carbocycles. The Hall–Kier alpha value is -0.0900. The topological polar surface area (TPSA) is 46.2 Å². The molecule has 0 atom stereocenters. The van der Waals surface area contributed by atoms with Gasteiger partial charge in [-0.25, -0.2) is 13.1 Å². The van der Waals surface area contributed by atoms with Gasteiger partial charge in [-0.15, -0.1) is 0 Å². The molecule has 0 radical (unpaired) electrons. The Morgan fingerprint density at radius 3 is 2.27 bits per heavy atom. The Labute approximate surface area is 69.2 Å². The maximum absolute atomic E-state index is 11.0. The van der Waals surface area contributed by atoms with Crippen molar-refractivity contribution in [3.8, 4) is 0 Å². The third-order valence-electron chi connectivity index (χ3n) is 1.18. The third-order valence-corrected chi connectivity index (χ3v) is 2.74. The Morgan fingerprint density at radius 2 is 1.91 bits per heavy atom. The number of sulfonamides is 1. The van der Waals surface area contributed by atoms with E-state index in [1.165, 1.54) is 0 Å². The summed E-state index contributed by atoms with van der Waals surface area (Å²) >= 11 is 0. The maximum atomic E-state index is 11.0. The molecule has 4 heteroatoms. The van der Waals surface area contributed by atoms with Crippen LogP contribution < -0.4 is 4.72 Å². The molecule has 0 aromatic heterocycles. The van der Waals surface area contributed by atoms with Crippen LogP contribution in [0, 0.1) is 5.92 Å². The van der Waals surface area contributed by atoms with Gasteiger partial charge in [-0.05, 0) is 12.3 Å². The summed E-state index contributed by atoms with van der Waals surface area (Å²) < 4.78 is 24.6. The highest BCUT2D eigenvalue weighted by Crippen LogP contribution is 1.92. The van der Waals surface area contributed by atoms with E-state index in [0.717, 1.165) is 0 Å². The van der Waals surface area contributed by atoms with E-state index in [9.17, 15) is 8.42 Å². The molecule has 11 heavy (non-hydrogen) atoms. The Balaban J connectivity index is 3.74. The van der Waals surface area contributed by atoms with E-state index in [2.05, 4.69) is 4.72 Å². The average Bonchev–Trinajstić information content (AvgIpc) is 1.84. The second-order valence-electron chi connectivity index (χ2n) is 3.06. The lowest BCUT2D eigenvalue weighted by molar-refractivity contribution is 0.559. The van der Waals surface area contributed by atoms with Crippen molar-refractivity contribution < 1.29 is 8.42 Å². The van der Waals surface area contributed by atoms with Crippen LogP contribution in [0.4, 0.5) is 0 Å². The van der Waals surface area contributed by atoms with E-state index < -0.39 is 10.0 Å². The molecule has 0 aliphatic rings. The Bertz CT molecular complexity index is 185. The number of nitrogens with one attached hydrogen (secondary N) is 1. The van der Waals surface area contributed by atoms with Gasteiger partial charge in [0.15, 0.2) is 0 Å². The van der Waals surface area contributed by atoms with Crippen LogP contribution in [0.25, 0.3) is 0 Å². The average molecular weight is 179 g/mol. The summed E-state index contributed by atoms with van der Waals surface area (Å²) in [6.45, 7) is 6.36. The first-order valence-electron chi connectivity index (χ1n) is 3.95. The lowest BCUT2D eigenvalue weighted by atomic mass is 10.2. The van der Waals surface area contributed by atoms with Gasteiger partial charge in [0.05, 0.1) is 5.75 Å².